The third-order valence-corrected chi connectivity index (χ3v) is 5.49. The Morgan fingerprint density at radius 3 is 2.50 bits per heavy atom. The van der Waals surface area contributed by atoms with Crippen LogP contribution in [0.3, 0.4) is 0 Å². The van der Waals surface area contributed by atoms with Crippen molar-refractivity contribution in [3.63, 3.8) is 0 Å². The lowest BCUT2D eigenvalue weighted by Crippen LogP contribution is -2.10. The molecule has 0 bridgehead atoms. The van der Waals surface area contributed by atoms with Gasteiger partial charge in [-0.15, -0.1) is 0 Å². The third kappa shape index (κ3) is 5.23. The molecule has 0 aliphatic heterocycles. The summed E-state index contributed by atoms with van der Waals surface area (Å²) in [6.07, 6.45) is 0.276. The van der Waals surface area contributed by atoms with Crippen molar-refractivity contribution >= 4 is 27.6 Å². The molecule has 0 aliphatic rings. The maximum absolute atomic E-state index is 12.0. The summed E-state index contributed by atoms with van der Waals surface area (Å²) in [6, 6.07) is 7.78. The Hall–Kier alpha value is -1.52. The fourth-order valence-electron chi connectivity index (χ4n) is 1.38. The number of methoxy groups -OCH3 is 1. The lowest BCUT2D eigenvalue weighted by atomic mass is 10.2. The van der Waals surface area contributed by atoms with Crippen molar-refractivity contribution in [3.05, 3.63) is 29.8 Å². The molecular formula is C13H15NO4S2. The highest BCUT2D eigenvalue weighted by molar-refractivity contribution is 8.00. The molecule has 1 aromatic rings. The van der Waals surface area contributed by atoms with E-state index in [4.69, 9.17) is 5.26 Å². The number of sulfone groups is 1. The molecule has 0 aromatic heterocycles. The van der Waals surface area contributed by atoms with Gasteiger partial charge in [0.25, 0.3) is 0 Å². The molecule has 0 aliphatic carbocycles. The molecule has 0 fully saturated rings. The van der Waals surface area contributed by atoms with Gasteiger partial charge in [0.15, 0.2) is 9.84 Å². The zero-order chi connectivity index (χ0) is 15.0. The molecule has 1 rings (SSSR count). The van der Waals surface area contributed by atoms with Crippen LogP contribution in [0.5, 0.6) is 0 Å². The quantitative estimate of drug-likeness (QED) is 0.562. The van der Waals surface area contributed by atoms with Crippen LogP contribution >= 0.6 is 11.8 Å². The Labute approximate surface area is 122 Å². The van der Waals surface area contributed by atoms with Crippen molar-refractivity contribution in [2.24, 2.45) is 0 Å². The van der Waals surface area contributed by atoms with Crippen molar-refractivity contribution in [2.45, 2.75) is 11.3 Å². The zero-order valence-corrected chi connectivity index (χ0v) is 12.7. The largest absolute Gasteiger partial charge is 0.469 e. The number of nitrogens with zero attached hydrogens (tertiary/aromatic N) is 1. The normalized spacial score (nSPS) is 10.8. The molecule has 0 spiro atoms. The first-order chi connectivity index (χ1) is 9.49. The molecule has 0 unspecified atom stereocenters. The molecule has 0 atom stereocenters. The molecule has 20 heavy (non-hydrogen) atoms. The molecule has 0 saturated heterocycles. The smallest absolute Gasteiger partial charge is 0.306 e. The maximum Gasteiger partial charge on any atom is 0.306 e. The van der Waals surface area contributed by atoms with Gasteiger partial charge in [0.1, 0.15) is 0 Å². The second-order valence-corrected chi connectivity index (χ2v) is 7.23. The lowest BCUT2D eigenvalue weighted by molar-refractivity contribution is -0.140. The van der Waals surface area contributed by atoms with Gasteiger partial charge >= 0.3 is 5.97 Å². The molecule has 1 aromatic carbocycles. The van der Waals surface area contributed by atoms with E-state index < -0.39 is 9.84 Å². The molecule has 5 nitrogen and oxygen atoms in total. The zero-order valence-electron chi connectivity index (χ0n) is 11.0. The van der Waals surface area contributed by atoms with E-state index in [1.54, 1.807) is 0 Å². The van der Waals surface area contributed by atoms with Gasteiger partial charge in [-0.05, 0) is 24.3 Å². The highest BCUT2D eigenvalue weighted by Crippen LogP contribution is 2.14. The number of esters is 1. The van der Waals surface area contributed by atoms with Crippen LogP contribution in [0.15, 0.2) is 29.2 Å². The number of ether oxygens (including phenoxy) is 1. The van der Waals surface area contributed by atoms with Gasteiger partial charge in [-0.3, -0.25) is 4.79 Å². The molecule has 108 valence electrons. The summed E-state index contributed by atoms with van der Waals surface area (Å²) in [4.78, 5) is 11.1. The highest BCUT2D eigenvalue weighted by Gasteiger charge is 2.14. The minimum absolute atomic E-state index is 0.00470. The second-order valence-electron chi connectivity index (χ2n) is 3.89. The third-order valence-electron chi connectivity index (χ3n) is 2.52. The standard InChI is InChI=1S/C13H15NO4S2/c1-18-13(15)6-7-19-8-9-20(16,17)12-4-2-11(10-14)3-5-12/h2-5H,6-9H2,1H3. The SMILES string of the molecule is COC(=O)CCSCCS(=O)(=O)c1ccc(C#N)cc1. The Kier molecular flexibility index (Phi) is 6.55. The van der Waals surface area contributed by atoms with Crippen LogP contribution < -0.4 is 0 Å². The van der Waals surface area contributed by atoms with Crippen LogP contribution in [0.25, 0.3) is 0 Å². The summed E-state index contributed by atoms with van der Waals surface area (Å²) >= 11 is 1.39. The van der Waals surface area contributed by atoms with E-state index in [0.29, 0.717) is 17.1 Å². The first-order valence-corrected chi connectivity index (χ1v) is 8.68. The molecule has 0 amide bonds. The van der Waals surface area contributed by atoms with E-state index in [-0.39, 0.29) is 23.0 Å². The molecule has 0 radical (unpaired) electrons. The van der Waals surface area contributed by atoms with E-state index in [1.165, 1.54) is 43.1 Å². The minimum atomic E-state index is -3.34. The predicted octanol–water partition coefficient (Wildman–Crippen LogP) is 1.63. The molecular weight excluding hydrogens is 298 g/mol. The fourth-order valence-corrected chi connectivity index (χ4v) is 4.03. The average molecular weight is 313 g/mol. The van der Waals surface area contributed by atoms with Gasteiger partial charge in [0.05, 0.1) is 35.8 Å². The van der Waals surface area contributed by atoms with Crippen LogP contribution in [0.2, 0.25) is 0 Å². The van der Waals surface area contributed by atoms with Crippen LogP contribution in [-0.2, 0) is 19.4 Å². The maximum atomic E-state index is 12.0. The van der Waals surface area contributed by atoms with Gasteiger partial charge in [0, 0.05) is 11.5 Å². The number of benzene rings is 1. The number of thioether (sulfide) groups is 1. The van der Waals surface area contributed by atoms with Crippen LogP contribution in [0.4, 0.5) is 0 Å². The number of carbonyl (C=O) groups is 1. The van der Waals surface area contributed by atoms with Crippen LogP contribution in [-0.4, -0.2) is 38.8 Å². The van der Waals surface area contributed by atoms with Gasteiger partial charge in [0.2, 0.25) is 0 Å². The number of hydrogen-bond donors (Lipinski definition) is 0. The second kappa shape index (κ2) is 7.92. The summed E-state index contributed by atoms with van der Waals surface area (Å²) in [5, 5.41) is 8.66. The molecule has 0 heterocycles. The van der Waals surface area contributed by atoms with Crippen molar-refractivity contribution in [1.29, 1.82) is 5.26 Å². The van der Waals surface area contributed by atoms with Crippen molar-refractivity contribution < 1.29 is 17.9 Å². The van der Waals surface area contributed by atoms with Crippen molar-refractivity contribution in [3.8, 4) is 6.07 Å². The van der Waals surface area contributed by atoms with Gasteiger partial charge in [-0.25, -0.2) is 8.42 Å². The minimum Gasteiger partial charge on any atom is -0.469 e. The fraction of sp³-hybridized carbons (Fsp3) is 0.385. The topological polar surface area (TPSA) is 84.2 Å². The highest BCUT2D eigenvalue weighted by atomic mass is 32.2. The monoisotopic (exact) mass is 313 g/mol. The van der Waals surface area contributed by atoms with Crippen molar-refractivity contribution in [2.75, 3.05) is 24.4 Å². The van der Waals surface area contributed by atoms with Gasteiger partial charge < -0.3 is 4.74 Å². The van der Waals surface area contributed by atoms with E-state index in [2.05, 4.69) is 4.74 Å². The molecule has 7 heteroatoms. The Morgan fingerprint density at radius 2 is 1.95 bits per heavy atom. The summed E-state index contributed by atoms with van der Waals surface area (Å²) in [7, 11) is -2.02. The summed E-state index contributed by atoms with van der Waals surface area (Å²) in [5.41, 5.74) is 0.427. The Morgan fingerprint density at radius 1 is 1.30 bits per heavy atom. The van der Waals surface area contributed by atoms with Crippen LogP contribution in [0, 0.1) is 11.3 Å². The summed E-state index contributed by atoms with van der Waals surface area (Å²) in [5.74, 6) is 0.659. The van der Waals surface area contributed by atoms with Crippen LogP contribution in [0.1, 0.15) is 12.0 Å². The number of rotatable bonds is 7. The lowest BCUT2D eigenvalue weighted by Gasteiger charge is -2.04. The van der Waals surface area contributed by atoms with E-state index in [0.717, 1.165) is 0 Å². The number of hydrogen-bond acceptors (Lipinski definition) is 6. The first-order valence-electron chi connectivity index (χ1n) is 5.87. The molecule has 0 saturated carbocycles. The summed E-state index contributed by atoms with van der Waals surface area (Å²) < 4.78 is 28.5. The van der Waals surface area contributed by atoms with E-state index in [9.17, 15) is 13.2 Å². The van der Waals surface area contributed by atoms with E-state index >= 15 is 0 Å². The first kappa shape index (κ1) is 16.5. The Bertz CT molecular complexity index is 588. The van der Waals surface area contributed by atoms with Gasteiger partial charge in [-0.2, -0.15) is 17.0 Å². The summed E-state index contributed by atoms with van der Waals surface area (Å²) in [6.45, 7) is 0. The van der Waals surface area contributed by atoms with E-state index in [1.807, 2.05) is 6.07 Å². The Balaban J connectivity index is 2.45. The molecule has 0 N–H and O–H groups in total. The number of carbonyl (C=O) groups excluding carboxylic acids is 1. The number of nitriles is 1. The van der Waals surface area contributed by atoms with Gasteiger partial charge in [-0.1, -0.05) is 0 Å². The van der Waals surface area contributed by atoms with Crippen molar-refractivity contribution in [1.82, 2.24) is 0 Å². The average Bonchev–Trinajstić information content (AvgIpc) is 2.46. The predicted molar refractivity (Wildman–Crippen MR) is 77.2 cm³/mol.